The van der Waals surface area contributed by atoms with Gasteiger partial charge >= 0.3 is 0 Å². The van der Waals surface area contributed by atoms with Crippen molar-refractivity contribution >= 4 is 17.9 Å². The Labute approximate surface area is 148 Å². The molecular weight excluding hydrogens is 337 g/mol. The van der Waals surface area contributed by atoms with Crippen LogP contribution >= 0.6 is 0 Å². The zero-order valence-electron chi connectivity index (χ0n) is 13.4. The number of carbonyl (C=O) groups is 2. The van der Waals surface area contributed by atoms with Crippen molar-refractivity contribution in [3.8, 4) is 22.6 Å². The van der Waals surface area contributed by atoms with Crippen molar-refractivity contribution in [3.05, 3.63) is 77.6 Å². The lowest BCUT2D eigenvalue weighted by molar-refractivity contribution is 0.102. The second-order valence-corrected chi connectivity index (χ2v) is 5.58. The van der Waals surface area contributed by atoms with E-state index in [0.717, 1.165) is 0 Å². The smallest absolute Gasteiger partial charge is 0.255 e. The van der Waals surface area contributed by atoms with E-state index in [-0.39, 0.29) is 28.3 Å². The molecule has 0 aliphatic carbocycles. The van der Waals surface area contributed by atoms with E-state index in [1.807, 2.05) is 0 Å². The van der Waals surface area contributed by atoms with Crippen molar-refractivity contribution in [2.75, 3.05) is 5.32 Å². The molecule has 130 valence electrons. The van der Waals surface area contributed by atoms with Gasteiger partial charge in [-0.3, -0.25) is 9.59 Å². The van der Waals surface area contributed by atoms with Gasteiger partial charge in [0, 0.05) is 11.1 Å². The SMILES string of the molecule is O=Cc1ccc(-c2ccc(O)c(O)c2)cc1NC(=O)c1ccc(F)cc1. The number of phenolic OH excluding ortho intramolecular Hbond substituents is 2. The fourth-order valence-corrected chi connectivity index (χ4v) is 2.45. The van der Waals surface area contributed by atoms with E-state index in [4.69, 9.17) is 0 Å². The number of amides is 1. The molecule has 6 heteroatoms. The van der Waals surface area contributed by atoms with Gasteiger partial charge in [-0.2, -0.15) is 0 Å². The third-order valence-corrected chi connectivity index (χ3v) is 3.84. The number of aldehydes is 1. The maximum atomic E-state index is 13.0. The van der Waals surface area contributed by atoms with Crippen LogP contribution in [0.2, 0.25) is 0 Å². The zero-order valence-corrected chi connectivity index (χ0v) is 13.4. The quantitative estimate of drug-likeness (QED) is 0.490. The van der Waals surface area contributed by atoms with Gasteiger partial charge in [0.2, 0.25) is 0 Å². The molecule has 0 radical (unpaired) electrons. The van der Waals surface area contributed by atoms with Crippen LogP contribution in [0.4, 0.5) is 10.1 Å². The Kier molecular flexibility index (Phi) is 4.66. The molecule has 0 spiro atoms. The fraction of sp³-hybridized carbons (Fsp3) is 0. The van der Waals surface area contributed by atoms with Crippen molar-refractivity contribution in [1.82, 2.24) is 0 Å². The van der Waals surface area contributed by atoms with Gasteiger partial charge in [0.05, 0.1) is 5.69 Å². The van der Waals surface area contributed by atoms with Gasteiger partial charge in [0.25, 0.3) is 5.91 Å². The number of benzene rings is 3. The fourth-order valence-electron chi connectivity index (χ4n) is 2.45. The van der Waals surface area contributed by atoms with Crippen molar-refractivity contribution in [2.24, 2.45) is 0 Å². The van der Waals surface area contributed by atoms with Crippen LogP contribution in [0.15, 0.2) is 60.7 Å². The first kappa shape index (κ1) is 17.2. The highest BCUT2D eigenvalue weighted by Gasteiger charge is 2.11. The highest BCUT2D eigenvalue weighted by atomic mass is 19.1. The van der Waals surface area contributed by atoms with Gasteiger partial charge < -0.3 is 15.5 Å². The maximum Gasteiger partial charge on any atom is 0.255 e. The lowest BCUT2D eigenvalue weighted by atomic mass is 10.0. The van der Waals surface area contributed by atoms with E-state index in [2.05, 4.69) is 5.32 Å². The van der Waals surface area contributed by atoms with Crippen molar-refractivity contribution in [3.63, 3.8) is 0 Å². The minimum absolute atomic E-state index is 0.246. The summed E-state index contributed by atoms with van der Waals surface area (Å²) < 4.78 is 13.0. The van der Waals surface area contributed by atoms with Crippen LogP contribution in [-0.2, 0) is 0 Å². The lowest BCUT2D eigenvalue weighted by Gasteiger charge is -2.11. The second kappa shape index (κ2) is 7.06. The van der Waals surface area contributed by atoms with Gasteiger partial charge in [-0.1, -0.05) is 12.1 Å². The summed E-state index contributed by atoms with van der Waals surface area (Å²) in [5.41, 5.74) is 2.01. The first-order valence-electron chi connectivity index (χ1n) is 7.66. The summed E-state index contributed by atoms with van der Waals surface area (Å²) in [6.45, 7) is 0. The van der Waals surface area contributed by atoms with E-state index in [9.17, 15) is 24.2 Å². The molecule has 1 amide bonds. The van der Waals surface area contributed by atoms with E-state index in [1.165, 1.54) is 42.5 Å². The number of carbonyl (C=O) groups excluding carboxylic acids is 2. The number of anilines is 1. The lowest BCUT2D eigenvalue weighted by Crippen LogP contribution is -2.13. The predicted molar refractivity (Wildman–Crippen MR) is 94.9 cm³/mol. The van der Waals surface area contributed by atoms with Crippen LogP contribution in [0.1, 0.15) is 20.7 Å². The number of hydrogen-bond acceptors (Lipinski definition) is 4. The third-order valence-electron chi connectivity index (χ3n) is 3.84. The van der Waals surface area contributed by atoms with Crippen LogP contribution in [0, 0.1) is 5.82 Å². The molecule has 0 fully saturated rings. The molecule has 3 aromatic rings. The molecule has 0 saturated heterocycles. The molecule has 0 bridgehead atoms. The molecule has 0 aliphatic rings. The summed E-state index contributed by atoms with van der Waals surface area (Å²) in [5, 5.41) is 21.7. The van der Waals surface area contributed by atoms with E-state index in [0.29, 0.717) is 17.4 Å². The molecule has 3 aromatic carbocycles. The summed E-state index contributed by atoms with van der Waals surface area (Å²) >= 11 is 0. The standard InChI is InChI=1S/C20H14FNO4/c21-16-6-3-12(4-7-16)20(26)22-17-9-13(1-2-15(17)11-23)14-5-8-18(24)19(25)10-14/h1-11,24-25H,(H,22,26). The highest BCUT2D eigenvalue weighted by Crippen LogP contribution is 2.32. The van der Waals surface area contributed by atoms with Crippen LogP contribution < -0.4 is 5.32 Å². The summed E-state index contributed by atoms with van der Waals surface area (Å²) in [4.78, 5) is 23.6. The summed E-state index contributed by atoms with van der Waals surface area (Å²) in [7, 11) is 0. The van der Waals surface area contributed by atoms with Gasteiger partial charge in [0.1, 0.15) is 5.82 Å². The first-order valence-corrected chi connectivity index (χ1v) is 7.66. The molecule has 5 nitrogen and oxygen atoms in total. The Bertz CT molecular complexity index is 984. The summed E-state index contributed by atoms with van der Waals surface area (Å²) in [5.74, 6) is -1.47. The average Bonchev–Trinajstić information content (AvgIpc) is 2.64. The number of hydrogen-bond donors (Lipinski definition) is 3. The first-order chi connectivity index (χ1) is 12.5. The van der Waals surface area contributed by atoms with E-state index >= 15 is 0 Å². The molecule has 0 heterocycles. The monoisotopic (exact) mass is 351 g/mol. The topological polar surface area (TPSA) is 86.6 Å². The molecule has 0 atom stereocenters. The van der Waals surface area contributed by atoms with Crippen molar-refractivity contribution in [2.45, 2.75) is 0 Å². The Balaban J connectivity index is 1.95. The molecule has 3 N–H and O–H groups in total. The highest BCUT2D eigenvalue weighted by molar-refractivity contribution is 6.06. The van der Waals surface area contributed by atoms with Gasteiger partial charge in [-0.15, -0.1) is 0 Å². The second-order valence-electron chi connectivity index (χ2n) is 5.58. The van der Waals surface area contributed by atoms with Crippen LogP contribution in [0.25, 0.3) is 11.1 Å². The number of nitrogens with one attached hydrogen (secondary N) is 1. The molecule has 0 aliphatic heterocycles. The molecule has 3 rings (SSSR count). The van der Waals surface area contributed by atoms with Crippen LogP contribution in [-0.4, -0.2) is 22.4 Å². The summed E-state index contributed by atoms with van der Waals surface area (Å²) in [6, 6.07) is 14.1. The normalized spacial score (nSPS) is 10.3. The maximum absolute atomic E-state index is 13.0. The van der Waals surface area contributed by atoms with E-state index < -0.39 is 11.7 Å². The predicted octanol–water partition coefficient (Wildman–Crippen LogP) is 3.97. The zero-order chi connectivity index (χ0) is 18.7. The number of halogens is 1. The third kappa shape index (κ3) is 3.54. The Morgan fingerprint density at radius 2 is 1.54 bits per heavy atom. The van der Waals surface area contributed by atoms with Gasteiger partial charge in [0.15, 0.2) is 17.8 Å². The molecule has 0 saturated carbocycles. The largest absolute Gasteiger partial charge is 0.504 e. The Hall–Kier alpha value is -3.67. The molecule has 26 heavy (non-hydrogen) atoms. The number of rotatable bonds is 4. The number of phenols is 2. The average molecular weight is 351 g/mol. The molecule has 0 unspecified atom stereocenters. The minimum Gasteiger partial charge on any atom is -0.504 e. The number of aromatic hydroxyl groups is 2. The van der Waals surface area contributed by atoms with Crippen molar-refractivity contribution < 1.29 is 24.2 Å². The van der Waals surface area contributed by atoms with Crippen molar-refractivity contribution in [1.29, 1.82) is 0 Å². The van der Waals surface area contributed by atoms with Gasteiger partial charge in [-0.25, -0.2) is 4.39 Å². The van der Waals surface area contributed by atoms with Gasteiger partial charge in [-0.05, 0) is 59.7 Å². The van der Waals surface area contributed by atoms with Crippen LogP contribution in [0.3, 0.4) is 0 Å². The summed E-state index contributed by atoms with van der Waals surface area (Å²) in [6.07, 6.45) is 0.609. The molecule has 0 aromatic heterocycles. The Morgan fingerprint density at radius 1 is 0.885 bits per heavy atom. The van der Waals surface area contributed by atoms with Crippen LogP contribution in [0.5, 0.6) is 11.5 Å². The van der Waals surface area contributed by atoms with E-state index in [1.54, 1.807) is 18.2 Å². The Morgan fingerprint density at radius 3 is 2.19 bits per heavy atom. The molecular formula is C20H14FNO4. The minimum atomic E-state index is -0.487.